The highest BCUT2D eigenvalue weighted by Crippen LogP contribution is 2.31. The summed E-state index contributed by atoms with van der Waals surface area (Å²) in [5.74, 6) is -0.223. The van der Waals surface area contributed by atoms with Gasteiger partial charge in [0.25, 0.3) is 10.0 Å². The van der Waals surface area contributed by atoms with E-state index in [2.05, 4.69) is 5.32 Å². The predicted octanol–water partition coefficient (Wildman–Crippen LogP) is 2.64. The molecular formula is C21H24N2O6S. The quantitative estimate of drug-likeness (QED) is 0.753. The Balaban J connectivity index is 1.93. The van der Waals surface area contributed by atoms with E-state index in [1.165, 1.54) is 32.4 Å². The lowest BCUT2D eigenvalue weighted by atomic mass is 10.1. The predicted molar refractivity (Wildman–Crippen MR) is 111 cm³/mol. The Labute approximate surface area is 175 Å². The van der Waals surface area contributed by atoms with E-state index in [9.17, 15) is 18.0 Å². The van der Waals surface area contributed by atoms with E-state index in [0.29, 0.717) is 27.1 Å². The van der Waals surface area contributed by atoms with Crippen molar-refractivity contribution >= 4 is 27.5 Å². The maximum atomic E-state index is 13.2. The lowest BCUT2D eigenvalue weighted by Gasteiger charge is -2.24. The van der Waals surface area contributed by atoms with Crippen LogP contribution in [0, 0.1) is 13.8 Å². The average Bonchev–Trinajstić information content (AvgIpc) is 3.10. The van der Waals surface area contributed by atoms with Gasteiger partial charge in [0.1, 0.15) is 17.5 Å². The van der Waals surface area contributed by atoms with Crippen LogP contribution >= 0.6 is 0 Å². The second-order valence-corrected chi connectivity index (χ2v) is 8.89. The van der Waals surface area contributed by atoms with Gasteiger partial charge in [0.15, 0.2) is 0 Å². The average molecular weight is 432 g/mol. The third-order valence-corrected chi connectivity index (χ3v) is 6.82. The van der Waals surface area contributed by atoms with Crippen molar-refractivity contribution in [3.05, 3.63) is 47.5 Å². The number of aryl methyl sites for hydroxylation is 2. The van der Waals surface area contributed by atoms with Crippen molar-refractivity contribution in [2.45, 2.75) is 37.6 Å². The molecule has 0 spiro atoms. The van der Waals surface area contributed by atoms with Crippen LogP contribution in [-0.2, 0) is 19.6 Å². The standard InChI is InChI=1S/C21H24N2O6S/c1-13-5-8-19(29-4)16(11-13)22-21(25)17-7-10-20(24)23(17)30(26,27)15-6-9-18(28-3)14(2)12-15/h5-6,8-9,11-12,17H,7,10H2,1-4H3,(H,22,25)/t17-/m1/s1. The Morgan fingerprint density at radius 3 is 2.37 bits per heavy atom. The molecule has 1 N–H and O–H groups in total. The minimum atomic E-state index is -4.21. The number of rotatable bonds is 6. The number of nitrogens with one attached hydrogen (secondary N) is 1. The first-order valence-corrected chi connectivity index (χ1v) is 10.8. The topological polar surface area (TPSA) is 102 Å². The molecule has 1 fully saturated rings. The fourth-order valence-corrected chi connectivity index (χ4v) is 5.15. The molecule has 9 heteroatoms. The van der Waals surface area contributed by atoms with Crippen molar-refractivity contribution in [1.82, 2.24) is 4.31 Å². The van der Waals surface area contributed by atoms with Crippen LogP contribution in [0.3, 0.4) is 0 Å². The number of ether oxygens (including phenoxy) is 2. The minimum Gasteiger partial charge on any atom is -0.496 e. The first kappa shape index (κ1) is 21.6. The van der Waals surface area contributed by atoms with Gasteiger partial charge in [-0.1, -0.05) is 6.07 Å². The molecule has 0 aromatic heterocycles. The summed E-state index contributed by atoms with van der Waals surface area (Å²) in [6.45, 7) is 3.56. The van der Waals surface area contributed by atoms with E-state index in [1.807, 2.05) is 13.0 Å². The molecule has 1 atom stereocenters. The van der Waals surface area contributed by atoms with Gasteiger partial charge in [0, 0.05) is 6.42 Å². The molecule has 0 unspecified atom stereocenters. The van der Waals surface area contributed by atoms with E-state index < -0.39 is 27.9 Å². The first-order chi connectivity index (χ1) is 14.2. The first-order valence-electron chi connectivity index (χ1n) is 9.36. The molecule has 1 saturated heterocycles. The van der Waals surface area contributed by atoms with E-state index in [0.717, 1.165) is 5.56 Å². The van der Waals surface area contributed by atoms with Crippen molar-refractivity contribution in [1.29, 1.82) is 0 Å². The SMILES string of the molecule is COc1ccc(S(=O)(=O)N2C(=O)CC[C@@H]2C(=O)Nc2cc(C)ccc2OC)cc1C. The highest BCUT2D eigenvalue weighted by molar-refractivity contribution is 7.89. The summed E-state index contributed by atoms with van der Waals surface area (Å²) in [4.78, 5) is 25.3. The maximum Gasteiger partial charge on any atom is 0.267 e. The number of hydrogen-bond donors (Lipinski definition) is 1. The summed E-state index contributed by atoms with van der Waals surface area (Å²) in [7, 11) is -1.25. The van der Waals surface area contributed by atoms with Crippen LogP contribution < -0.4 is 14.8 Å². The summed E-state index contributed by atoms with van der Waals surface area (Å²) >= 11 is 0. The Morgan fingerprint density at radius 1 is 1.07 bits per heavy atom. The van der Waals surface area contributed by atoms with E-state index >= 15 is 0 Å². The maximum absolute atomic E-state index is 13.2. The van der Waals surface area contributed by atoms with E-state index in [1.54, 1.807) is 19.1 Å². The van der Waals surface area contributed by atoms with Gasteiger partial charge in [-0.15, -0.1) is 0 Å². The van der Waals surface area contributed by atoms with Crippen LogP contribution in [0.2, 0.25) is 0 Å². The monoisotopic (exact) mass is 432 g/mol. The van der Waals surface area contributed by atoms with Gasteiger partial charge in [-0.3, -0.25) is 9.59 Å². The molecule has 2 aromatic rings. The Hall–Kier alpha value is -3.07. The van der Waals surface area contributed by atoms with Gasteiger partial charge < -0.3 is 14.8 Å². The van der Waals surface area contributed by atoms with Crippen LogP contribution in [0.1, 0.15) is 24.0 Å². The number of anilines is 1. The van der Waals surface area contributed by atoms with Crippen molar-refractivity contribution in [2.24, 2.45) is 0 Å². The molecular weight excluding hydrogens is 408 g/mol. The fraction of sp³-hybridized carbons (Fsp3) is 0.333. The zero-order valence-corrected chi connectivity index (χ0v) is 18.1. The number of carbonyl (C=O) groups is 2. The molecule has 1 aliphatic heterocycles. The van der Waals surface area contributed by atoms with E-state index in [4.69, 9.17) is 9.47 Å². The molecule has 1 heterocycles. The Morgan fingerprint density at radius 2 is 1.73 bits per heavy atom. The van der Waals surface area contributed by atoms with Crippen LogP contribution in [0.25, 0.3) is 0 Å². The summed E-state index contributed by atoms with van der Waals surface area (Å²) in [6, 6.07) is 8.43. The summed E-state index contributed by atoms with van der Waals surface area (Å²) in [5, 5.41) is 2.71. The zero-order valence-electron chi connectivity index (χ0n) is 17.3. The number of hydrogen-bond acceptors (Lipinski definition) is 6. The zero-order chi connectivity index (χ0) is 22.1. The van der Waals surface area contributed by atoms with Crippen molar-refractivity contribution in [2.75, 3.05) is 19.5 Å². The molecule has 0 aliphatic carbocycles. The summed E-state index contributed by atoms with van der Waals surface area (Å²) in [6.07, 6.45) is 0.0740. The second-order valence-electron chi connectivity index (χ2n) is 7.07. The highest BCUT2D eigenvalue weighted by Gasteiger charge is 2.44. The molecule has 0 bridgehead atoms. The lowest BCUT2D eigenvalue weighted by molar-refractivity contribution is -0.128. The number of sulfonamides is 1. The molecule has 1 aliphatic rings. The largest absolute Gasteiger partial charge is 0.496 e. The lowest BCUT2D eigenvalue weighted by Crippen LogP contribution is -2.45. The number of nitrogens with zero attached hydrogens (tertiary/aromatic N) is 1. The number of benzene rings is 2. The van der Waals surface area contributed by atoms with E-state index in [-0.39, 0.29) is 17.7 Å². The number of carbonyl (C=O) groups excluding carboxylic acids is 2. The van der Waals surface area contributed by atoms with Gasteiger partial charge in [-0.05, 0) is 61.7 Å². The summed E-state index contributed by atoms with van der Waals surface area (Å²) in [5.41, 5.74) is 1.92. The van der Waals surface area contributed by atoms with Gasteiger partial charge in [0.2, 0.25) is 11.8 Å². The van der Waals surface area contributed by atoms with Crippen LogP contribution in [0.15, 0.2) is 41.3 Å². The molecule has 8 nitrogen and oxygen atoms in total. The Bertz CT molecular complexity index is 1100. The highest BCUT2D eigenvalue weighted by atomic mass is 32.2. The smallest absolute Gasteiger partial charge is 0.267 e. The van der Waals surface area contributed by atoms with Crippen LogP contribution in [0.4, 0.5) is 5.69 Å². The van der Waals surface area contributed by atoms with Crippen molar-refractivity contribution in [3.63, 3.8) is 0 Å². The second kappa shape index (κ2) is 8.35. The molecule has 0 saturated carbocycles. The molecule has 2 aromatic carbocycles. The number of amides is 2. The molecule has 0 radical (unpaired) electrons. The van der Waals surface area contributed by atoms with Crippen LogP contribution in [-0.4, -0.2) is 44.8 Å². The van der Waals surface area contributed by atoms with Crippen LogP contribution in [0.5, 0.6) is 11.5 Å². The van der Waals surface area contributed by atoms with Gasteiger partial charge in [-0.2, -0.15) is 0 Å². The summed E-state index contributed by atoms with van der Waals surface area (Å²) < 4.78 is 37.5. The molecule has 160 valence electrons. The molecule has 3 rings (SSSR count). The van der Waals surface area contributed by atoms with Gasteiger partial charge in [-0.25, -0.2) is 12.7 Å². The fourth-order valence-electron chi connectivity index (χ4n) is 3.46. The van der Waals surface area contributed by atoms with Gasteiger partial charge in [0.05, 0.1) is 24.8 Å². The minimum absolute atomic E-state index is 0.0304. The third-order valence-electron chi connectivity index (χ3n) is 5.00. The van der Waals surface area contributed by atoms with Crippen molar-refractivity contribution in [3.8, 4) is 11.5 Å². The van der Waals surface area contributed by atoms with Crippen molar-refractivity contribution < 1.29 is 27.5 Å². The molecule has 2 amide bonds. The normalized spacial score (nSPS) is 16.5. The third kappa shape index (κ3) is 3.97. The van der Waals surface area contributed by atoms with Gasteiger partial charge >= 0.3 is 0 Å². The Kier molecular flexibility index (Phi) is 6.02. The molecule has 30 heavy (non-hydrogen) atoms. The number of methoxy groups -OCH3 is 2.